The van der Waals surface area contributed by atoms with Crippen LogP contribution in [0.5, 0.6) is 0 Å². The van der Waals surface area contributed by atoms with Crippen LogP contribution in [0.25, 0.3) is 11.1 Å². The van der Waals surface area contributed by atoms with Gasteiger partial charge >= 0.3 is 0 Å². The third kappa shape index (κ3) is 3.73. The molecule has 3 heterocycles. The number of rotatable bonds is 5. The van der Waals surface area contributed by atoms with Crippen LogP contribution in [0, 0.1) is 5.82 Å². The van der Waals surface area contributed by atoms with E-state index in [1.807, 2.05) is 23.2 Å². The summed E-state index contributed by atoms with van der Waals surface area (Å²) in [5.74, 6) is -0.127. The maximum absolute atomic E-state index is 13.2. The molecule has 0 unspecified atom stereocenters. The van der Waals surface area contributed by atoms with Crippen LogP contribution in [0.1, 0.15) is 17.0 Å². The molecule has 1 amide bonds. The second-order valence-corrected chi connectivity index (χ2v) is 8.30. The van der Waals surface area contributed by atoms with Crippen molar-refractivity contribution in [3.63, 3.8) is 0 Å². The van der Waals surface area contributed by atoms with E-state index in [9.17, 15) is 14.3 Å². The summed E-state index contributed by atoms with van der Waals surface area (Å²) in [4.78, 5) is 20.9. The number of aromatic nitrogens is 1. The fourth-order valence-corrected chi connectivity index (χ4v) is 4.97. The average Bonchev–Trinajstić information content (AvgIpc) is 2.78. The van der Waals surface area contributed by atoms with Crippen LogP contribution < -0.4 is 0 Å². The van der Waals surface area contributed by atoms with Crippen molar-refractivity contribution in [2.24, 2.45) is 0 Å². The number of hydrogen-bond acceptors (Lipinski definition) is 4. The molecule has 6 heteroatoms. The second kappa shape index (κ2) is 8.21. The fourth-order valence-electron chi connectivity index (χ4n) is 4.97. The van der Waals surface area contributed by atoms with Gasteiger partial charge in [0.1, 0.15) is 5.82 Å². The predicted octanol–water partition coefficient (Wildman–Crippen LogP) is 3.06. The average molecular weight is 417 g/mol. The number of halogens is 1. The van der Waals surface area contributed by atoms with Crippen molar-refractivity contribution in [3.05, 3.63) is 90.0 Å². The molecule has 1 aromatic heterocycles. The summed E-state index contributed by atoms with van der Waals surface area (Å²) in [6.45, 7) is 1.60. The van der Waals surface area contributed by atoms with E-state index in [-0.39, 0.29) is 36.3 Å². The number of piperazine rings is 1. The molecular formula is C25H24FN3O2. The van der Waals surface area contributed by atoms with Gasteiger partial charge in [-0.1, -0.05) is 42.5 Å². The van der Waals surface area contributed by atoms with Crippen molar-refractivity contribution in [3.8, 4) is 11.1 Å². The van der Waals surface area contributed by atoms with E-state index in [2.05, 4.69) is 34.1 Å². The molecule has 3 aromatic rings. The lowest BCUT2D eigenvalue weighted by Gasteiger charge is -2.59. The number of amides is 1. The minimum absolute atomic E-state index is 0.0306. The zero-order valence-corrected chi connectivity index (χ0v) is 17.1. The molecule has 2 fully saturated rings. The van der Waals surface area contributed by atoms with Gasteiger partial charge < -0.3 is 10.0 Å². The number of hydrogen-bond donors (Lipinski definition) is 1. The number of aliphatic hydroxyl groups is 1. The molecule has 5 nitrogen and oxygen atoms in total. The van der Waals surface area contributed by atoms with Gasteiger partial charge in [0, 0.05) is 31.4 Å². The first-order valence-electron chi connectivity index (χ1n) is 10.5. The molecule has 2 aliphatic heterocycles. The first kappa shape index (κ1) is 19.8. The third-order valence-corrected chi connectivity index (χ3v) is 6.43. The molecule has 0 aliphatic carbocycles. The summed E-state index contributed by atoms with van der Waals surface area (Å²) in [6, 6.07) is 18.5. The molecule has 0 saturated carbocycles. The first-order chi connectivity index (χ1) is 15.1. The number of nitrogens with zero attached hydrogens (tertiary/aromatic N) is 3. The molecule has 2 saturated heterocycles. The van der Waals surface area contributed by atoms with Crippen molar-refractivity contribution in [2.75, 3.05) is 19.7 Å². The van der Waals surface area contributed by atoms with E-state index < -0.39 is 0 Å². The molecule has 5 rings (SSSR count). The van der Waals surface area contributed by atoms with E-state index >= 15 is 0 Å². The van der Waals surface area contributed by atoms with Crippen molar-refractivity contribution in [1.29, 1.82) is 0 Å². The molecule has 0 spiro atoms. The van der Waals surface area contributed by atoms with Gasteiger partial charge in [-0.2, -0.15) is 0 Å². The highest BCUT2D eigenvalue weighted by atomic mass is 19.1. The Hall–Kier alpha value is -3.09. The summed E-state index contributed by atoms with van der Waals surface area (Å²) in [5, 5.41) is 9.98. The Morgan fingerprint density at radius 2 is 1.81 bits per heavy atom. The zero-order chi connectivity index (χ0) is 21.4. The van der Waals surface area contributed by atoms with Gasteiger partial charge in [0.05, 0.1) is 25.2 Å². The van der Waals surface area contributed by atoms with E-state index in [0.717, 1.165) is 28.8 Å². The Bertz CT molecular complexity index is 1060. The number of pyridine rings is 1. The highest BCUT2D eigenvalue weighted by Gasteiger charge is 2.53. The van der Waals surface area contributed by atoms with Gasteiger partial charge in [0.15, 0.2) is 0 Å². The Labute approximate surface area is 180 Å². The van der Waals surface area contributed by atoms with E-state index in [1.54, 1.807) is 18.3 Å². The molecule has 31 heavy (non-hydrogen) atoms. The monoisotopic (exact) mass is 417 g/mol. The molecular weight excluding hydrogens is 393 g/mol. The minimum Gasteiger partial charge on any atom is -0.394 e. The Morgan fingerprint density at radius 1 is 1.03 bits per heavy atom. The van der Waals surface area contributed by atoms with Crippen molar-refractivity contribution in [2.45, 2.75) is 24.5 Å². The Morgan fingerprint density at radius 3 is 2.48 bits per heavy atom. The van der Waals surface area contributed by atoms with Crippen molar-refractivity contribution in [1.82, 2.24) is 14.8 Å². The quantitative estimate of drug-likeness (QED) is 0.693. The zero-order valence-electron chi connectivity index (χ0n) is 17.1. The molecule has 0 radical (unpaired) electrons. The predicted molar refractivity (Wildman–Crippen MR) is 116 cm³/mol. The summed E-state index contributed by atoms with van der Waals surface area (Å²) >= 11 is 0. The topological polar surface area (TPSA) is 56.7 Å². The molecule has 2 aliphatic rings. The molecule has 2 aromatic carbocycles. The summed E-state index contributed by atoms with van der Waals surface area (Å²) < 4.78 is 13.2. The standard InChI is InChI=1S/C25H24FN3O2/c26-21-9-3-17(4-10-21)13-28-14-22-25(23(16-30)29(22)24(31)15-28)19-7-5-18(6-8-19)20-2-1-11-27-12-20/h1-12,22-23,25,30H,13-16H2/t22-,23-,25+/m1/s1. The van der Waals surface area contributed by atoms with Crippen molar-refractivity contribution < 1.29 is 14.3 Å². The van der Waals surface area contributed by atoms with Gasteiger partial charge in [0.25, 0.3) is 0 Å². The lowest BCUT2D eigenvalue weighted by Crippen LogP contribution is -2.72. The smallest absolute Gasteiger partial charge is 0.237 e. The van der Waals surface area contributed by atoms with Crippen LogP contribution in [-0.2, 0) is 11.3 Å². The van der Waals surface area contributed by atoms with Crippen LogP contribution in [-0.4, -0.2) is 57.6 Å². The second-order valence-electron chi connectivity index (χ2n) is 8.30. The van der Waals surface area contributed by atoms with Crippen LogP contribution in [0.3, 0.4) is 0 Å². The number of aliphatic hydroxyl groups excluding tert-OH is 1. The number of carbonyl (C=O) groups is 1. The maximum Gasteiger partial charge on any atom is 0.237 e. The lowest BCUT2D eigenvalue weighted by molar-refractivity contribution is -0.162. The van der Waals surface area contributed by atoms with Gasteiger partial charge in [-0.05, 0) is 40.5 Å². The molecule has 158 valence electrons. The fraction of sp³-hybridized carbons (Fsp3) is 0.280. The maximum atomic E-state index is 13.2. The number of carbonyl (C=O) groups excluding carboxylic acids is 1. The molecule has 3 atom stereocenters. The number of benzene rings is 2. The summed E-state index contributed by atoms with van der Waals surface area (Å²) in [6.07, 6.45) is 3.59. The lowest BCUT2D eigenvalue weighted by atomic mass is 9.73. The number of fused-ring (bicyclic) bond motifs is 1. The van der Waals surface area contributed by atoms with Crippen LogP contribution in [0.4, 0.5) is 4.39 Å². The van der Waals surface area contributed by atoms with Gasteiger partial charge in [-0.25, -0.2) is 4.39 Å². The first-order valence-corrected chi connectivity index (χ1v) is 10.5. The summed E-state index contributed by atoms with van der Waals surface area (Å²) in [5.41, 5.74) is 4.26. The Kier molecular flexibility index (Phi) is 5.26. The van der Waals surface area contributed by atoms with Crippen LogP contribution in [0.2, 0.25) is 0 Å². The summed E-state index contributed by atoms with van der Waals surface area (Å²) in [7, 11) is 0. The Balaban J connectivity index is 1.35. The van der Waals surface area contributed by atoms with Gasteiger partial charge in [0.2, 0.25) is 5.91 Å². The minimum atomic E-state index is -0.260. The van der Waals surface area contributed by atoms with Crippen molar-refractivity contribution >= 4 is 5.91 Å². The SMILES string of the molecule is O=C1CN(Cc2ccc(F)cc2)C[C@@H]2[C@H](c3ccc(-c4cccnc4)cc3)[C@@H](CO)N12. The largest absolute Gasteiger partial charge is 0.394 e. The third-order valence-electron chi connectivity index (χ3n) is 6.43. The van der Waals surface area contributed by atoms with Crippen LogP contribution >= 0.6 is 0 Å². The van der Waals surface area contributed by atoms with Gasteiger partial charge in [-0.3, -0.25) is 14.7 Å². The normalized spacial score (nSPS) is 23.4. The van der Waals surface area contributed by atoms with E-state index in [1.165, 1.54) is 12.1 Å². The highest BCUT2D eigenvalue weighted by molar-refractivity contribution is 5.81. The molecule has 1 N–H and O–H groups in total. The molecule has 0 bridgehead atoms. The van der Waals surface area contributed by atoms with Gasteiger partial charge in [-0.15, -0.1) is 0 Å². The highest BCUT2D eigenvalue weighted by Crippen LogP contribution is 2.43. The van der Waals surface area contributed by atoms with E-state index in [0.29, 0.717) is 13.1 Å². The van der Waals surface area contributed by atoms with E-state index in [4.69, 9.17) is 0 Å². The van der Waals surface area contributed by atoms with Crippen LogP contribution in [0.15, 0.2) is 73.1 Å².